The van der Waals surface area contributed by atoms with Crippen molar-refractivity contribution in [2.75, 3.05) is 6.61 Å². The third-order valence-corrected chi connectivity index (χ3v) is 3.96. The van der Waals surface area contributed by atoms with E-state index in [4.69, 9.17) is 14.0 Å². The zero-order valence-electron chi connectivity index (χ0n) is 9.83. The fourth-order valence-corrected chi connectivity index (χ4v) is 3.25. The summed E-state index contributed by atoms with van der Waals surface area (Å²) in [5.41, 5.74) is -1.39. The summed E-state index contributed by atoms with van der Waals surface area (Å²) in [5.74, 6) is 0. The molecule has 3 rings (SSSR count). The molecule has 2 aliphatic heterocycles. The van der Waals surface area contributed by atoms with E-state index >= 15 is 0 Å². The first-order valence-corrected chi connectivity index (χ1v) is 6.94. The van der Waals surface area contributed by atoms with Gasteiger partial charge in [0.2, 0.25) is 0 Å². The Kier molecular flexibility index (Phi) is 3.02. The molecule has 2 N–H and O–H groups in total. The highest BCUT2D eigenvalue weighted by Crippen LogP contribution is 2.39. The lowest BCUT2D eigenvalue weighted by molar-refractivity contribution is -0.0579. The highest BCUT2D eigenvalue weighted by atomic mass is 32.3. The predicted octanol–water partition coefficient (Wildman–Crippen LogP) is -2.54. The van der Waals surface area contributed by atoms with Gasteiger partial charge in [-0.1, -0.05) is 0 Å². The molecule has 0 aliphatic carbocycles. The first-order chi connectivity index (χ1) is 9.41. The van der Waals surface area contributed by atoms with Crippen molar-refractivity contribution >= 4 is 10.4 Å². The average Bonchev–Trinajstić information content (AvgIpc) is 2.83. The maximum atomic E-state index is 11.7. The Labute approximate surface area is 111 Å². The zero-order valence-corrected chi connectivity index (χ0v) is 10.6. The molecule has 2 aliphatic rings. The van der Waals surface area contributed by atoms with Gasteiger partial charge in [-0.25, -0.2) is 13.2 Å². The second-order valence-corrected chi connectivity index (χ2v) is 5.50. The van der Waals surface area contributed by atoms with Crippen LogP contribution in [0.1, 0.15) is 6.23 Å². The van der Waals surface area contributed by atoms with Gasteiger partial charge in [0.15, 0.2) is 12.3 Å². The van der Waals surface area contributed by atoms with Gasteiger partial charge in [0, 0.05) is 12.3 Å². The van der Waals surface area contributed by atoms with Crippen molar-refractivity contribution < 1.29 is 26.6 Å². The molecule has 0 radical (unpaired) electrons. The van der Waals surface area contributed by atoms with E-state index in [2.05, 4.69) is 4.18 Å². The standard InChI is InChI=1S/C9H10N2O8S/c12-3-4-6-7(19-20(15,16)18-6)8(17-4)11-2-1-5(13)10-9(11)14/h1-2,4,6-8,12H,3H2,(H,10,13,14)/t4-,6-,7-,8-/m1/s1. The van der Waals surface area contributed by atoms with Crippen molar-refractivity contribution in [3.8, 4) is 0 Å². The Hall–Kier alpha value is -1.53. The van der Waals surface area contributed by atoms with Crippen LogP contribution in [0.25, 0.3) is 0 Å². The van der Waals surface area contributed by atoms with Crippen molar-refractivity contribution in [1.82, 2.24) is 9.55 Å². The quantitative estimate of drug-likeness (QED) is 0.609. The summed E-state index contributed by atoms with van der Waals surface area (Å²) < 4.78 is 38.3. The van der Waals surface area contributed by atoms with Gasteiger partial charge in [0.05, 0.1) is 6.61 Å². The summed E-state index contributed by atoms with van der Waals surface area (Å²) in [7, 11) is -4.19. The van der Waals surface area contributed by atoms with Crippen LogP contribution in [0.2, 0.25) is 0 Å². The van der Waals surface area contributed by atoms with Gasteiger partial charge in [-0.05, 0) is 0 Å². The third kappa shape index (κ3) is 2.09. The monoisotopic (exact) mass is 306 g/mol. The largest absolute Gasteiger partial charge is 0.400 e. The van der Waals surface area contributed by atoms with Gasteiger partial charge >= 0.3 is 16.1 Å². The minimum absolute atomic E-state index is 0.505. The maximum absolute atomic E-state index is 11.7. The summed E-state index contributed by atoms with van der Waals surface area (Å²) in [6, 6.07) is 1.08. The SMILES string of the molecule is O=c1ccn([C@@H]2O[C@H](CO)[C@H]3OS(=O)(=O)O[C@H]32)c(=O)[nH]1. The Morgan fingerprint density at radius 3 is 2.65 bits per heavy atom. The van der Waals surface area contributed by atoms with E-state index in [0.717, 1.165) is 16.8 Å². The number of fused-ring (bicyclic) bond motifs is 1. The van der Waals surface area contributed by atoms with Crippen LogP contribution in [0.3, 0.4) is 0 Å². The molecule has 0 aromatic carbocycles. The van der Waals surface area contributed by atoms with Crippen molar-refractivity contribution in [2.24, 2.45) is 0 Å². The summed E-state index contributed by atoms with van der Waals surface area (Å²) >= 11 is 0. The predicted molar refractivity (Wildman–Crippen MR) is 61.0 cm³/mol. The van der Waals surface area contributed by atoms with Gasteiger partial charge in [-0.3, -0.25) is 14.3 Å². The maximum Gasteiger partial charge on any atom is 0.400 e. The molecule has 0 bridgehead atoms. The molecule has 1 aromatic heterocycles. The number of nitrogens with zero attached hydrogens (tertiary/aromatic N) is 1. The molecule has 110 valence electrons. The molecule has 0 spiro atoms. The molecule has 0 unspecified atom stereocenters. The number of H-pyrrole nitrogens is 1. The molecule has 0 amide bonds. The summed E-state index contributed by atoms with van der Waals surface area (Å²) in [4.78, 5) is 24.7. The number of nitrogens with one attached hydrogen (secondary N) is 1. The molecule has 2 saturated heterocycles. The van der Waals surface area contributed by atoms with Gasteiger partial charge in [-0.2, -0.15) is 8.42 Å². The van der Waals surface area contributed by atoms with E-state index in [-0.39, 0.29) is 0 Å². The number of ether oxygens (including phenoxy) is 1. The number of aromatic amines is 1. The molecule has 2 fully saturated rings. The fraction of sp³-hybridized carbons (Fsp3) is 0.556. The lowest BCUT2D eigenvalue weighted by Crippen LogP contribution is -2.36. The molecular weight excluding hydrogens is 296 g/mol. The number of rotatable bonds is 2. The Balaban J connectivity index is 2.02. The Bertz CT molecular complexity index is 737. The summed E-state index contributed by atoms with van der Waals surface area (Å²) in [6.45, 7) is -0.505. The van der Waals surface area contributed by atoms with Crippen molar-refractivity contribution in [1.29, 1.82) is 0 Å². The number of aromatic nitrogens is 2. The highest BCUT2D eigenvalue weighted by Gasteiger charge is 2.56. The second kappa shape index (κ2) is 4.49. The number of hydrogen-bond acceptors (Lipinski definition) is 8. The van der Waals surface area contributed by atoms with Crippen LogP contribution in [0.15, 0.2) is 21.9 Å². The molecule has 3 heterocycles. The molecule has 1 aromatic rings. The summed E-state index contributed by atoms with van der Waals surface area (Å²) in [6.07, 6.45) is -3.09. The van der Waals surface area contributed by atoms with Crippen LogP contribution < -0.4 is 11.2 Å². The average molecular weight is 306 g/mol. The second-order valence-electron chi connectivity index (χ2n) is 4.30. The smallest absolute Gasteiger partial charge is 0.394 e. The lowest BCUT2D eigenvalue weighted by atomic mass is 10.1. The van der Waals surface area contributed by atoms with Gasteiger partial charge in [0.1, 0.15) is 12.2 Å². The number of aliphatic hydroxyl groups is 1. The van der Waals surface area contributed by atoms with Gasteiger partial charge < -0.3 is 9.84 Å². The van der Waals surface area contributed by atoms with Crippen LogP contribution >= 0.6 is 0 Å². The first kappa shape index (κ1) is 13.5. The van der Waals surface area contributed by atoms with Crippen molar-refractivity contribution in [2.45, 2.75) is 24.5 Å². The van der Waals surface area contributed by atoms with Crippen molar-refractivity contribution in [3.63, 3.8) is 0 Å². The van der Waals surface area contributed by atoms with E-state index < -0.39 is 52.8 Å². The van der Waals surface area contributed by atoms with Gasteiger partial charge in [-0.15, -0.1) is 0 Å². The molecular formula is C9H10N2O8S. The van der Waals surface area contributed by atoms with E-state index in [1.54, 1.807) is 0 Å². The summed E-state index contributed by atoms with van der Waals surface area (Å²) in [5, 5.41) is 9.16. The highest BCUT2D eigenvalue weighted by molar-refractivity contribution is 7.82. The lowest BCUT2D eigenvalue weighted by Gasteiger charge is -2.17. The first-order valence-electron chi connectivity index (χ1n) is 5.60. The molecule has 11 heteroatoms. The van der Waals surface area contributed by atoms with Crippen LogP contribution in [-0.2, 0) is 23.5 Å². The number of aliphatic hydroxyl groups excluding tert-OH is 1. The fourth-order valence-electron chi connectivity index (χ4n) is 2.22. The van der Waals surface area contributed by atoms with E-state index in [9.17, 15) is 18.0 Å². The van der Waals surface area contributed by atoms with Gasteiger partial charge in [0.25, 0.3) is 5.56 Å². The molecule has 0 saturated carbocycles. The molecule has 10 nitrogen and oxygen atoms in total. The number of hydrogen-bond donors (Lipinski definition) is 2. The van der Waals surface area contributed by atoms with E-state index in [1.165, 1.54) is 0 Å². The zero-order chi connectivity index (χ0) is 14.5. The van der Waals surface area contributed by atoms with E-state index in [1.807, 2.05) is 4.98 Å². The minimum atomic E-state index is -4.19. The Morgan fingerprint density at radius 1 is 1.30 bits per heavy atom. The van der Waals surface area contributed by atoms with E-state index in [0.29, 0.717) is 0 Å². The minimum Gasteiger partial charge on any atom is -0.394 e. The molecule has 4 atom stereocenters. The Morgan fingerprint density at radius 2 is 2.00 bits per heavy atom. The third-order valence-electron chi connectivity index (χ3n) is 3.05. The van der Waals surface area contributed by atoms with Crippen LogP contribution in [-0.4, -0.2) is 48.0 Å². The van der Waals surface area contributed by atoms with Crippen LogP contribution in [0, 0.1) is 0 Å². The van der Waals surface area contributed by atoms with Crippen LogP contribution in [0.5, 0.6) is 0 Å². The normalized spacial score (nSPS) is 35.0. The topological polar surface area (TPSA) is 137 Å². The molecule has 20 heavy (non-hydrogen) atoms. The van der Waals surface area contributed by atoms with Crippen LogP contribution in [0.4, 0.5) is 0 Å². The van der Waals surface area contributed by atoms with Crippen molar-refractivity contribution in [3.05, 3.63) is 33.1 Å².